The van der Waals surface area contributed by atoms with Crippen LogP contribution in [-0.4, -0.2) is 10.7 Å². The molecule has 4 heteroatoms. The van der Waals surface area contributed by atoms with E-state index in [0.29, 0.717) is 0 Å². The van der Waals surface area contributed by atoms with Gasteiger partial charge in [-0.3, -0.25) is 5.43 Å². The van der Waals surface area contributed by atoms with Gasteiger partial charge in [0.1, 0.15) is 0 Å². The lowest BCUT2D eigenvalue weighted by atomic mass is 10.0. The Morgan fingerprint density at radius 2 is 1.68 bits per heavy atom. The average Bonchev–Trinajstić information content (AvgIpc) is 3.15. The molecule has 4 rings (SSSR count). The number of aromatic nitrogens is 1. The fourth-order valence-corrected chi connectivity index (χ4v) is 3.46. The van der Waals surface area contributed by atoms with Crippen molar-refractivity contribution in [1.82, 2.24) is 4.98 Å². The predicted octanol–water partition coefficient (Wildman–Crippen LogP) is 5.80. The number of rotatable bonds is 4. The number of nitrogens with one attached hydrogen (secondary N) is 1. The molecule has 0 amide bonds. The zero-order valence-corrected chi connectivity index (χ0v) is 14.6. The Balaban J connectivity index is 1.58. The van der Waals surface area contributed by atoms with Crippen LogP contribution in [0.1, 0.15) is 12.5 Å². The largest absolute Gasteiger partial charge is 0.252 e. The van der Waals surface area contributed by atoms with Crippen molar-refractivity contribution in [2.24, 2.45) is 5.10 Å². The Bertz CT molecular complexity index is 1030. The van der Waals surface area contributed by atoms with Crippen LogP contribution < -0.4 is 5.43 Å². The van der Waals surface area contributed by atoms with E-state index < -0.39 is 0 Å². The van der Waals surface area contributed by atoms with Crippen LogP contribution in [-0.2, 0) is 0 Å². The lowest BCUT2D eigenvalue weighted by Gasteiger charge is -2.06. The number of thiazole rings is 1. The Kier molecular flexibility index (Phi) is 4.27. The highest BCUT2D eigenvalue weighted by Crippen LogP contribution is 2.25. The van der Waals surface area contributed by atoms with Crippen molar-refractivity contribution in [3.05, 3.63) is 83.7 Å². The first kappa shape index (κ1) is 15.5. The summed E-state index contributed by atoms with van der Waals surface area (Å²) in [4.78, 5) is 4.61. The summed E-state index contributed by atoms with van der Waals surface area (Å²) in [6, 6.07) is 24.8. The molecule has 1 aromatic heterocycles. The van der Waals surface area contributed by atoms with E-state index in [1.54, 1.807) is 11.3 Å². The molecule has 0 spiro atoms. The third kappa shape index (κ3) is 3.30. The quantitative estimate of drug-likeness (QED) is 0.375. The minimum Gasteiger partial charge on any atom is -0.252 e. The summed E-state index contributed by atoms with van der Waals surface area (Å²) in [5, 5.41) is 9.79. The first-order chi connectivity index (χ1) is 12.3. The standard InChI is InChI=1S/C21H17N3S/c1-15(18-13-7-11-16-8-5-6-12-19(16)18)23-24-21-22-20(14-25-21)17-9-3-2-4-10-17/h2-14H,1H3,(H,22,24). The van der Waals surface area contributed by atoms with Crippen molar-refractivity contribution in [2.45, 2.75) is 6.92 Å². The number of fused-ring (bicyclic) bond motifs is 1. The van der Waals surface area contributed by atoms with Crippen LogP contribution in [0, 0.1) is 0 Å². The Morgan fingerprint density at radius 1 is 0.920 bits per heavy atom. The van der Waals surface area contributed by atoms with E-state index in [0.717, 1.165) is 27.7 Å². The molecular weight excluding hydrogens is 326 g/mol. The van der Waals surface area contributed by atoms with Crippen molar-refractivity contribution in [3.8, 4) is 11.3 Å². The third-order valence-electron chi connectivity index (χ3n) is 4.07. The second kappa shape index (κ2) is 6.87. The molecule has 3 aromatic carbocycles. The van der Waals surface area contributed by atoms with Gasteiger partial charge in [0.2, 0.25) is 5.13 Å². The molecular formula is C21H17N3S. The van der Waals surface area contributed by atoms with Crippen molar-refractivity contribution < 1.29 is 0 Å². The molecule has 0 saturated heterocycles. The molecule has 0 atom stereocenters. The highest BCUT2D eigenvalue weighted by molar-refractivity contribution is 7.14. The minimum atomic E-state index is 0.790. The van der Waals surface area contributed by atoms with Crippen molar-refractivity contribution >= 4 is 33.0 Å². The highest BCUT2D eigenvalue weighted by Gasteiger charge is 2.05. The molecule has 0 aliphatic heterocycles. The molecule has 1 heterocycles. The van der Waals surface area contributed by atoms with Crippen LogP contribution in [0.2, 0.25) is 0 Å². The van der Waals surface area contributed by atoms with Crippen LogP contribution in [0.4, 0.5) is 5.13 Å². The van der Waals surface area contributed by atoms with Crippen molar-refractivity contribution in [1.29, 1.82) is 0 Å². The summed E-state index contributed by atoms with van der Waals surface area (Å²) in [5.74, 6) is 0. The maximum Gasteiger partial charge on any atom is 0.203 e. The molecule has 3 nitrogen and oxygen atoms in total. The van der Waals surface area contributed by atoms with Gasteiger partial charge in [0, 0.05) is 16.5 Å². The normalized spacial score (nSPS) is 11.6. The maximum atomic E-state index is 4.61. The van der Waals surface area contributed by atoms with Crippen LogP contribution in [0.25, 0.3) is 22.0 Å². The monoisotopic (exact) mass is 343 g/mol. The second-order valence-electron chi connectivity index (χ2n) is 5.74. The molecule has 4 aromatic rings. The van der Waals surface area contributed by atoms with Crippen molar-refractivity contribution in [2.75, 3.05) is 5.43 Å². The molecule has 25 heavy (non-hydrogen) atoms. The summed E-state index contributed by atoms with van der Waals surface area (Å²) < 4.78 is 0. The van der Waals surface area contributed by atoms with Crippen molar-refractivity contribution in [3.63, 3.8) is 0 Å². The number of hydrazone groups is 1. The fourth-order valence-electron chi connectivity index (χ4n) is 2.80. The number of hydrogen-bond donors (Lipinski definition) is 1. The highest BCUT2D eigenvalue weighted by atomic mass is 32.1. The smallest absolute Gasteiger partial charge is 0.203 e. The van der Waals surface area contributed by atoms with E-state index in [-0.39, 0.29) is 0 Å². The zero-order valence-electron chi connectivity index (χ0n) is 13.8. The Labute approximate surface area is 150 Å². The summed E-state index contributed by atoms with van der Waals surface area (Å²) >= 11 is 1.56. The van der Waals surface area contributed by atoms with Gasteiger partial charge in [-0.25, -0.2) is 4.98 Å². The Hall–Kier alpha value is -2.98. The van der Waals surface area contributed by atoms with E-state index in [1.165, 1.54) is 10.8 Å². The molecule has 0 unspecified atom stereocenters. The third-order valence-corrected chi connectivity index (χ3v) is 4.82. The summed E-state index contributed by atoms with van der Waals surface area (Å²) in [7, 11) is 0. The first-order valence-electron chi connectivity index (χ1n) is 8.10. The van der Waals surface area contributed by atoms with Crippen LogP contribution >= 0.6 is 11.3 Å². The lowest BCUT2D eigenvalue weighted by molar-refractivity contribution is 1.27. The molecule has 0 radical (unpaired) electrons. The number of benzene rings is 3. The average molecular weight is 343 g/mol. The fraction of sp³-hybridized carbons (Fsp3) is 0.0476. The van der Waals surface area contributed by atoms with Gasteiger partial charge in [-0.15, -0.1) is 11.3 Å². The van der Waals surface area contributed by atoms with Gasteiger partial charge in [-0.1, -0.05) is 72.8 Å². The predicted molar refractivity (Wildman–Crippen MR) is 107 cm³/mol. The van der Waals surface area contributed by atoms with E-state index in [4.69, 9.17) is 0 Å². The minimum absolute atomic E-state index is 0.790. The van der Waals surface area contributed by atoms with Crippen LogP contribution in [0.15, 0.2) is 83.3 Å². The topological polar surface area (TPSA) is 37.3 Å². The van der Waals surface area contributed by atoms with E-state index in [9.17, 15) is 0 Å². The molecule has 0 aliphatic rings. The SMILES string of the molecule is CC(=NNc1nc(-c2ccccc2)cs1)c1cccc2ccccc12. The molecule has 1 N–H and O–H groups in total. The van der Waals surface area contributed by atoms with Crippen LogP contribution in [0.3, 0.4) is 0 Å². The van der Waals surface area contributed by atoms with E-state index >= 15 is 0 Å². The number of nitrogens with zero attached hydrogens (tertiary/aromatic N) is 2. The summed E-state index contributed by atoms with van der Waals surface area (Å²) in [5.41, 5.74) is 7.24. The summed E-state index contributed by atoms with van der Waals surface area (Å²) in [6.07, 6.45) is 0. The maximum absolute atomic E-state index is 4.61. The van der Waals surface area contributed by atoms with Gasteiger partial charge in [-0.05, 0) is 17.7 Å². The van der Waals surface area contributed by atoms with Gasteiger partial charge in [0.05, 0.1) is 11.4 Å². The van der Waals surface area contributed by atoms with Gasteiger partial charge < -0.3 is 0 Å². The molecule has 0 aliphatic carbocycles. The van der Waals surface area contributed by atoms with Gasteiger partial charge in [-0.2, -0.15) is 5.10 Å². The first-order valence-corrected chi connectivity index (χ1v) is 8.98. The number of anilines is 1. The second-order valence-corrected chi connectivity index (χ2v) is 6.60. The van der Waals surface area contributed by atoms with Gasteiger partial charge in [0.25, 0.3) is 0 Å². The summed E-state index contributed by atoms with van der Waals surface area (Å²) in [6.45, 7) is 2.01. The molecule has 0 saturated carbocycles. The zero-order chi connectivity index (χ0) is 17.1. The number of hydrogen-bond acceptors (Lipinski definition) is 4. The molecule has 122 valence electrons. The van der Waals surface area contributed by atoms with Crippen LogP contribution in [0.5, 0.6) is 0 Å². The van der Waals surface area contributed by atoms with Gasteiger partial charge in [0.15, 0.2) is 0 Å². The lowest BCUT2D eigenvalue weighted by Crippen LogP contribution is -2.00. The molecule has 0 bridgehead atoms. The van der Waals surface area contributed by atoms with Gasteiger partial charge >= 0.3 is 0 Å². The molecule has 0 fully saturated rings. The Morgan fingerprint density at radius 3 is 2.56 bits per heavy atom. The van der Waals surface area contributed by atoms with E-state index in [2.05, 4.69) is 70.1 Å². The van der Waals surface area contributed by atoms with E-state index in [1.807, 2.05) is 30.5 Å².